The predicted octanol–water partition coefficient (Wildman–Crippen LogP) is -0.166. The molecule has 9 nitrogen and oxygen atoms in total. The first-order chi connectivity index (χ1) is 7.36. The van der Waals surface area contributed by atoms with E-state index in [0.717, 1.165) is 7.11 Å². The average Bonchev–Trinajstić information content (AvgIpc) is 2.11. The van der Waals surface area contributed by atoms with Crippen LogP contribution in [-0.2, 0) is 23.8 Å². The van der Waals surface area contributed by atoms with Crippen molar-refractivity contribution in [3.8, 4) is 0 Å². The summed E-state index contributed by atoms with van der Waals surface area (Å²) in [6.07, 6.45) is -6.01. The molecule has 90 valence electrons. The van der Waals surface area contributed by atoms with Gasteiger partial charge >= 0.3 is 24.2 Å². The van der Waals surface area contributed by atoms with E-state index in [2.05, 4.69) is 14.2 Å². The summed E-state index contributed by atoms with van der Waals surface area (Å²) in [6, 6.07) is 0. The Morgan fingerprint density at radius 3 is 1.94 bits per heavy atom. The Bertz CT molecular complexity index is 307. The first-order valence-corrected chi connectivity index (χ1v) is 3.77. The number of ether oxygens (including phenoxy) is 3. The van der Waals surface area contributed by atoms with Crippen LogP contribution in [-0.4, -0.2) is 47.7 Å². The molecule has 2 N–H and O–H groups in total. The fourth-order valence-electron chi connectivity index (χ4n) is 0.705. The van der Waals surface area contributed by atoms with E-state index in [-0.39, 0.29) is 0 Å². The molecule has 0 saturated heterocycles. The Hall–Kier alpha value is -2.16. The van der Waals surface area contributed by atoms with Gasteiger partial charge in [-0.05, 0) is 0 Å². The SMILES string of the molecule is COC(CC(=O)OC(=O)O)C(=O)OC(=O)O. The summed E-state index contributed by atoms with van der Waals surface area (Å²) >= 11 is 0. The largest absolute Gasteiger partial charge is 0.513 e. The lowest BCUT2D eigenvalue weighted by atomic mass is 10.2. The highest BCUT2D eigenvalue weighted by Gasteiger charge is 2.26. The third-order valence-electron chi connectivity index (χ3n) is 1.29. The van der Waals surface area contributed by atoms with Gasteiger partial charge in [0.15, 0.2) is 6.10 Å². The Kier molecular flexibility index (Phi) is 5.49. The number of hydrogen-bond donors (Lipinski definition) is 2. The smallest absolute Gasteiger partial charge is 0.449 e. The molecule has 0 aliphatic carbocycles. The van der Waals surface area contributed by atoms with E-state index in [1.54, 1.807) is 0 Å². The highest BCUT2D eigenvalue weighted by atomic mass is 16.7. The van der Waals surface area contributed by atoms with Crippen molar-refractivity contribution in [1.29, 1.82) is 0 Å². The Morgan fingerprint density at radius 2 is 1.56 bits per heavy atom. The summed E-state index contributed by atoms with van der Waals surface area (Å²) in [7, 11) is 1.02. The molecule has 0 saturated carbocycles. The van der Waals surface area contributed by atoms with Crippen LogP contribution in [0.4, 0.5) is 9.59 Å². The van der Waals surface area contributed by atoms with Crippen molar-refractivity contribution in [2.45, 2.75) is 12.5 Å². The van der Waals surface area contributed by atoms with Gasteiger partial charge in [-0.15, -0.1) is 0 Å². The fraction of sp³-hybridized carbons (Fsp3) is 0.429. The van der Waals surface area contributed by atoms with Gasteiger partial charge in [-0.2, -0.15) is 0 Å². The number of carbonyl (C=O) groups excluding carboxylic acids is 2. The number of rotatable bonds is 4. The van der Waals surface area contributed by atoms with E-state index < -0.39 is 36.8 Å². The number of carbonyl (C=O) groups is 4. The second-order valence-electron chi connectivity index (χ2n) is 2.36. The van der Waals surface area contributed by atoms with Crippen molar-refractivity contribution in [2.24, 2.45) is 0 Å². The Balaban J connectivity index is 4.29. The minimum atomic E-state index is -1.86. The standard InChI is InChI=1S/C7H8O9/c1-14-3(5(9)16-7(12)13)2-4(8)15-6(10)11/h3H,2H2,1H3,(H,10,11)(H,12,13). The lowest BCUT2D eigenvalue weighted by molar-refractivity contribution is -0.157. The molecule has 0 heterocycles. The molecule has 0 aromatic heterocycles. The summed E-state index contributed by atoms with van der Waals surface area (Å²) in [6.45, 7) is 0. The quantitative estimate of drug-likeness (QED) is 0.503. The molecule has 0 aromatic carbocycles. The van der Waals surface area contributed by atoms with E-state index in [9.17, 15) is 19.2 Å². The van der Waals surface area contributed by atoms with Gasteiger partial charge in [0.05, 0.1) is 6.42 Å². The number of carboxylic acid groups (broad SMARTS) is 2. The Morgan fingerprint density at radius 1 is 1.06 bits per heavy atom. The predicted molar refractivity (Wildman–Crippen MR) is 43.6 cm³/mol. The molecular weight excluding hydrogens is 228 g/mol. The van der Waals surface area contributed by atoms with Gasteiger partial charge in [-0.25, -0.2) is 14.4 Å². The van der Waals surface area contributed by atoms with Crippen LogP contribution in [0.2, 0.25) is 0 Å². The molecule has 16 heavy (non-hydrogen) atoms. The molecular formula is C7H8O9. The minimum Gasteiger partial charge on any atom is -0.449 e. The summed E-state index contributed by atoms with van der Waals surface area (Å²) < 4.78 is 11.8. The van der Waals surface area contributed by atoms with Crippen LogP contribution < -0.4 is 0 Å². The molecule has 9 heteroatoms. The van der Waals surface area contributed by atoms with Crippen molar-refractivity contribution in [1.82, 2.24) is 0 Å². The van der Waals surface area contributed by atoms with Crippen molar-refractivity contribution in [2.75, 3.05) is 7.11 Å². The first kappa shape index (κ1) is 13.8. The van der Waals surface area contributed by atoms with Gasteiger partial charge in [0.2, 0.25) is 0 Å². The molecule has 0 bridgehead atoms. The number of esters is 2. The molecule has 0 fully saturated rings. The lowest BCUT2D eigenvalue weighted by Crippen LogP contribution is -2.30. The maximum absolute atomic E-state index is 10.9. The second-order valence-corrected chi connectivity index (χ2v) is 2.36. The van der Waals surface area contributed by atoms with E-state index in [1.165, 1.54) is 0 Å². The molecule has 0 amide bonds. The summed E-state index contributed by atoms with van der Waals surface area (Å²) in [5.41, 5.74) is 0. The lowest BCUT2D eigenvalue weighted by Gasteiger charge is -2.10. The third kappa shape index (κ3) is 5.54. The molecule has 0 rings (SSSR count). The van der Waals surface area contributed by atoms with Gasteiger partial charge in [-0.3, -0.25) is 4.79 Å². The van der Waals surface area contributed by atoms with Crippen molar-refractivity contribution in [3.05, 3.63) is 0 Å². The first-order valence-electron chi connectivity index (χ1n) is 3.77. The van der Waals surface area contributed by atoms with E-state index >= 15 is 0 Å². The van der Waals surface area contributed by atoms with E-state index in [1.807, 2.05) is 0 Å². The van der Waals surface area contributed by atoms with Crippen molar-refractivity contribution < 1.29 is 43.6 Å². The number of methoxy groups -OCH3 is 1. The molecule has 0 aliphatic heterocycles. The molecule has 0 spiro atoms. The zero-order valence-corrected chi connectivity index (χ0v) is 8.04. The highest BCUT2D eigenvalue weighted by molar-refractivity contribution is 5.89. The zero-order valence-electron chi connectivity index (χ0n) is 8.04. The van der Waals surface area contributed by atoms with E-state index in [0.29, 0.717) is 0 Å². The highest BCUT2D eigenvalue weighted by Crippen LogP contribution is 2.02. The van der Waals surface area contributed by atoms with Crippen LogP contribution in [0.25, 0.3) is 0 Å². The van der Waals surface area contributed by atoms with Gasteiger partial charge in [0, 0.05) is 7.11 Å². The normalized spacial score (nSPS) is 11.3. The maximum atomic E-state index is 10.9. The molecule has 1 atom stereocenters. The maximum Gasteiger partial charge on any atom is 0.513 e. The molecule has 1 unspecified atom stereocenters. The summed E-state index contributed by atoms with van der Waals surface area (Å²) in [4.78, 5) is 41.6. The van der Waals surface area contributed by atoms with Crippen molar-refractivity contribution >= 4 is 24.2 Å². The van der Waals surface area contributed by atoms with E-state index in [4.69, 9.17) is 10.2 Å². The van der Waals surface area contributed by atoms with Crippen LogP contribution in [0.1, 0.15) is 6.42 Å². The van der Waals surface area contributed by atoms with Crippen LogP contribution in [0.5, 0.6) is 0 Å². The molecule has 0 radical (unpaired) electrons. The minimum absolute atomic E-state index is 0.769. The van der Waals surface area contributed by atoms with Crippen molar-refractivity contribution in [3.63, 3.8) is 0 Å². The Labute approximate surface area is 88.5 Å². The van der Waals surface area contributed by atoms with Gasteiger partial charge in [0.1, 0.15) is 0 Å². The summed E-state index contributed by atoms with van der Waals surface area (Å²) in [5.74, 6) is -2.60. The third-order valence-corrected chi connectivity index (χ3v) is 1.29. The zero-order chi connectivity index (χ0) is 12.7. The topological polar surface area (TPSA) is 136 Å². The van der Waals surface area contributed by atoms with Crippen LogP contribution in [0.3, 0.4) is 0 Å². The van der Waals surface area contributed by atoms with Gasteiger partial charge < -0.3 is 24.4 Å². The van der Waals surface area contributed by atoms with Gasteiger partial charge in [-0.1, -0.05) is 0 Å². The van der Waals surface area contributed by atoms with Gasteiger partial charge in [0.25, 0.3) is 0 Å². The molecule has 0 aromatic rings. The van der Waals surface area contributed by atoms with Crippen LogP contribution in [0, 0.1) is 0 Å². The number of hydrogen-bond acceptors (Lipinski definition) is 7. The molecule has 0 aliphatic rings. The fourth-order valence-corrected chi connectivity index (χ4v) is 0.705. The summed E-state index contributed by atoms with van der Waals surface area (Å²) in [5, 5.41) is 16.2. The van der Waals surface area contributed by atoms with Crippen LogP contribution >= 0.6 is 0 Å². The second kappa shape index (κ2) is 6.35. The van der Waals surface area contributed by atoms with Crippen LogP contribution in [0.15, 0.2) is 0 Å². The average molecular weight is 236 g/mol. The monoisotopic (exact) mass is 236 g/mol.